The molecule has 1 saturated heterocycles. The molecule has 1 aromatic carbocycles. The van der Waals surface area contributed by atoms with Crippen molar-refractivity contribution in [1.82, 2.24) is 15.2 Å². The third-order valence-electron chi connectivity index (χ3n) is 4.37. The van der Waals surface area contributed by atoms with Gasteiger partial charge < -0.3 is 10.2 Å². The van der Waals surface area contributed by atoms with Gasteiger partial charge in [-0.05, 0) is 63.2 Å². The van der Waals surface area contributed by atoms with Crippen molar-refractivity contribution in [3.05, 3.63) is 46.4 Å². The largest absolute Gasteiger partial charge is 0.352 e. The molecule has 1 N–H and O–H groups in total. The molecule has 1 aliphatic rings. The second-order valence-corrected chi connectivity index (χ2v) is 8.07. The monoisotopic (exact) mass is 375 g/mol. The summed E-state index contributed by atoms with van der Waals surface area (Å²) in [5.74, 6) is 0.889. The maximum Gasteiger partial charge on any atom is 0.251 e. The number of thioether (sulfide) groups is 1. The van der Waals surface area contributed by atoms with Crippen LogP contribution in [0.1, 0.15) is 41.7 Å². The third kappa shape index (κ3) is 6.13. The maximum absolute atomic E-state index is 12.2. The summed E-state index contributed by atoms with van der Waals surface area (Å²) < 4.78 is 0. The van der Waals surface area contributed by atoms with Crippen LogP contribution in [0, 0.1) is 0 Å². The van der Waals surface area contributed by atoms with Gasteiger partial charge in [0.2, 0.25) is 0 Å². The first-order chi connectivity index (χ1) is 12.3. The molecular weight excluding hydrogens is 350 g/mol. The van der Waals surface area contributed by atoms with Crippen molar-refractivity contribution in [2.24, 2.45) is 0 Å². The number of amides is 1. The SMILES string of the molecule is O=C(NCCCN1CCCCC1)c1ccc(SCc2cscn2)cc1. The Bertz CT molecular complexity index is 637. The number of rotatable bonds is 8. The fraction of sp³-hybridized carbons (Fsp3) is 0.474. The first-order valence-corrected chi connectivity index (χ1v) is 10.8. The average molecular weight is 376 g/mol. The van der Waals surface area contributed by atoms with Crippen LogP contribution in [-0.2, 0) is 5.75 Å². The Labute approximate surface area is 158 Å². The van der Waals surface area contributed by atoms with Gasteiger partial charge in [0, 0.05) is 28.1 Å². The Morgan fingerprint density at radius 1 is 1.20 bits per heavy atom. The molecule has 0 unspecified atom stereocenters. The molecule has 1 fully saturated rings. The molecule has 1 aromatic heterocycles. The number of carbonyl (C=O) groups is 1. The number of hydrogen-bond acceptors (Lipinski definition) is 5. The molecule has 0 aliphatic carbocycles. The van der Waals surface area contributed by atoms with Gasteiger partial charge in [0.05, 0.1) is 11.2 Å². The van der Waals surface area contributed by atoms with E-state index >= 15 is 0 Å². The molecule has 2 aromatic rings. The van der Waals surface area contributed by atoms with Crippen molar-refractivity contribution in [2.45, 2.75) is 36.3 Å². The molecule has 0 bridgehead atoms. The van der Waals surface area contributed by atoms with Crippen LogP contribution in [-0.4, -0.2) is 42.0 Å². The predicted molar refractivity (Wildman–Crippen MR) is 105 cm³/mol. The van der Waals surface area contributed by atoms with Gasteiger partial charge in [0.25, 0.3) is 5.91 Å². The fourth-order valence-corrected chi connectivity index (χ4v) is 4.42. The quantitative estimate of drug-likeness (QED) is 0.559. The van der Waals surface area contributed by atoms with Crippen molar-refractivity contribution in [1.29, 1.82) is 0 Å². The van der Waals surface area contributed by atoms with Crippen molar-refractivity contribution in [3.8, 4) is 0 Å². The molecule has 0 atom stereocenters. The van der Waals surface area contributed by atoms with Crippen molar-refractivity contribution in [3.63, 3.8) is 0 Å². The summed E-state index contributed by atoms with van der Waals surface area (Å²) in [6.07, 6.45) is 5.02. The van der Waals surface area contributed by atoms with Crippen LogP contribution < -0.4 is 5.32 Å². The molecule has 0 saturated carbocycles. The summed E-state index contributed by atoms with van der Waals surface area (Å²) >= 11 is 3.36. The minimum atomic E-state index is 0.0229. The first kappa shape index (κ1) is 18.4. The van der Waals surface area contributed by atoms with Crippen LogP contribution >= 0.6 is 23.1 Å². The first-order valence-electron chi connectivity index (χ1n) is 8.92. The lowest BCUT2D eigenvalue weighted by Gasteiger charge is -2.26. The number of aromatic nitrogens is 1. The molecule has 1 aliphatic heterocycles. The Morgan fingerprint density at radius 2 is 2.00 bits per heavy atom. The van der Waals surface area contributed by atoms with Gasteiger partial charge in [0.1, 0.15) is 0 Å². The Kier molecular flexibility index (Phi) is 7.33. The van der Waals surface area contributed by atoms with E-state index in [-0.39, 0.29) is 5.91 Å². The highest BCUT2D eigenvalue weighted by molar-refractivity contribution is 7.98. The van der Waals surface area contributed by atoms with E-state index in [0.29, 0.717) is 0 Å². The van der Waals surface area contributed by atoms with Crippen molar-refractivity contribution >= 4 is 29.0 Å². The van der Waals surface area contributed by atoms with Gasteiger partial charge in [0.15, 0.2) is 0 Å². The number of nitrogens with zero attached hydrogens (tertiary/aromatic N) is 2. The second-order valence-electron chi connectivity index (χ2n) is 6.30. The lowest BCUT2D eigenvalue weighted by atomic mass is 10.1. The normalized spacial score (nSPS) is 15.2. The molecule has 1 amide bonds. The van der Waals surface area contributed by atoms with E-state index in [0.717, 1.165) is 41.4 Å². The lowest BCUT2D eigenvalue weighted by molar-refractivity contribution is 0.0951. The van der Waals surface area contributed by atoms with E-state index < -0.39 is 0 Å². The molecule has 6 heteroatoms. The number of hydrogen-bond donors (Lipinski definition) is 1. The van der Waals surface area contributed by atoms with E-state index in [4.69, 9.17) is 0 Å². The van der Waals surface area contributed by atoms with Crippen molar-refractivity contribution in [2.75, 3.05) is 26.2 Å². The molecule has 3 rings (SSSR count). The fourth-order valence-electron chi connectivity index (χ4n) is 2.96. The van der Waals surface area contributed by atoms with E-state index in [1.54, 1.807) is 23.1 Å². The topological polar surface area (TPSA) is 45.2 Å². The second kappa shape index (κ2) is 9.94. The van der Waals surface area contributed by atoms with Gasteiger partial charge in [-0.25, -0.2) is 4.98 Å². The number of benzene rings is 1. The van der Waals surface area contributed by atoms with E-state index in [9.17, 15) is 4.79 Å². The zero-order valence-electron chi connectivity index (χ0n) is 14.4. The minimum Gasteiger partial charge on any atom is -0.352 e. The van der Waals surface area contributed by atoms with E-state index in [1.165, 1.54) is 32.4 Å². The average Bonchev–Trinajstić information content (AvgIpc) is 3.18. The molecule has 2 heterocycles. The maximum atomic E-state index is 12.2. The zero-order valence-corrected chi connectivity index (χ0v) is 16.1. The summed E-state index contributed by atoms with van der Waals surface area (Å²) in [5, 5.41) is 5.10. The smallest absolute Gasteiger partial charge is 0.251 e. The highest BCUT2D eigenvalue weighted by Gasteiger charge is 2.10. The molecular formula is C19H25N3OS2. The van der Waals surface area contributed by atoms with Crippen LogP contribution in [0.25, 0.3) is 0 Å². The van der Waals surface area contributed by atoms with Crippen LogP contribution in [0.2, 0.25) is 0 Å². The van der Waals surface area contributed by atoms with Gasteiger partial charge in [-0.15, -0.1) is 23.1 Å². The Hall–Kier alpha value is -1.37. The van der Waals surface area contributed by atoms with Crippen LogP contribution in [0.4, 0.5) is 0 Å². The molecule has 0 spiro atoms. The highest BCUT2D eigenvalue weighted by atomic mass is 32.2. The number of nitrogens with one attached hydrogen (secondary N) is 1. The number of carbonyl (C=O) groups excluding carboxylic acids is 1. The number of piperidine rings is 1. The van der Waals surface area contributed by atoms with Gasteiger partial charge >= 0.3 is 0 Å². The summed E-state index contributed by atoms with van der Waals surface area (Å²) in [7, 11) is 0. The lowest BCUT2D eigenvalue weighted by Crippen LogP contribution is -2.33. The predicted octanol–water partition coefficient (Wildman–Crippen LogP) is 4.04. The van der Waals surface area contributed by atoms with E-state index in [1.807, 2.05) is 29.8 Å². The van der Waals surface area contributed by atoms with Crippen LogP contribution in [0.5, 0.6) is 0 Å². The molecule has 25 heavy (non-hydrogen) atoms. The third-order valence-corrected chi connectivity index (χ3v) is 6.05. The minimum absolute atomic E-state index is 0.0229. The summed E-state index contributed by atoms with van der Waals surface area (Å²) in [6.45, 7) is 4.27. The van der Waals surface area contributed by atoms with Gasteiger partial charge in [-0.2, -0.15) is 0 Å². The van der Waals surface area contributed by atoms with E-state index in [2.05, 4.69) is 20.6 Å². The van der Waals surface area contributed by atoms with Gasteiger partial charge in [-0.3, -0.25) is 4.79 Å². The summed E-state index contributed by atoms with van der Waals surface area (Å²) in [6, 6.07) is 7.84. The highest BCUT2D eigenvalue weighted by Crippen LogP contribution is 2.23. The number of likely N-dealkylation sites (tertiary alicyclic amines) is 1. The van der Waals surface area contributed by atoms with Crippen LogP contribution in [0.15, 0.2) is 40.1 Å². The molecule has 0 radical (unpaired) electrons. The standard InChI is InChI=1S/C19H25N3OS2/c23-19(20-9-4-12-22-10-2-1-3-11-22)16-5-7-18(8-6-16)25-14-17-13-24-15-21-17/h5-8,13,15H,1-4,9-12,14H2,(H,20,23). The summed E-state index contributed by atoms with van der Waals surface area (Å²) in [4.78, 5) is 20.2. The van der Waals surface area contributed by atoms with Gasteiger partial charge in [-0.1, -0.05) is 6.42 Å². The molecule has 4 nitrogen and oxygen atoms in total. The van der Waals surface area contributed by atoms with Crippen LogP contribution in [0.3, 0.4) is 0 Å². The Balaban J connectivity index is 1.36. The number of thiazole rings is 1. The summed E-state index contributed by atoms with van der Waals surface area (Å²) in [5.41, 5.74) is 3.69. The molecule has 134 valence electrons. The Morgan fingerprint density at radius 3 is 2.72 bits per heavy atom. The zero-order chi connectivity index (χ0) is 17.3. The van der Waals surface area contributed by atoms with Crippen molar-refractivity contribution < 1.29 is 4.79 Å².